The molecular formula is C16H22N4. The van der Waals surface area contributed by atoms with E-state index >= 15 is 0 Å². The summed E-state index contributed by atoms with van der Waals surface area (Å²) < 4.78 is 2.19. The van der Waals surface area contributed by atoms with Gasteiger partial charge in [-0.1, -0.05) is 6.92 Å². The fourth-order valence-corrected chi connectivity index (χ4v) is 2.91. The molecule has 0 bridgehead atoms. The van der Waals surface area contributed by atoms with Crippen molar-refractivity contribution in [2.75, 3.05) is 7.05 Å². The third-order valence-corrected chi connectivity index (χ3v) is 3.94. The molecule has 106 valence electrons. The number of pyridine rings is 1. The Morgan fingerprint density at radius 3 is 2.90 bits per heavy atom. The molecule has 0 saturated carbocycles. The Labute approximate surface area is 120 Å². The van der Waals surface area contributed by atoms with Crippen molar-refractivity contribution in [2.24, 2.45) is 0 Å². The molecule has 2 heterocycles. The number of hydrogen-bond acceptors (Lipinski definition) is 3. The summed E-state index contributed by atoms with van der Waals surface area (Å²) in [5.41, 5.74) is 5.04. The fourth-order valence-electron chi connectivity index (χ4n) is 2.91. The maximum atomic E-state index is 4.78. The van der Waals surface area contributed by atoms with Crippen molar-refractivity contribution in [3.63, 3.8) is 0 Å². The molecule has 4 nitrogen and oxygen atoms in total. The van der Waals surface area contributed by atoms with Crippen molar-refractivity contribution in [3.05, 3.63) is 41.1 Å². The second-order valence-corrected chi connectivity index (χ2v) is 5.42. The smallest absolute Gasteiger partial charge is 0.138 e. The van der Waals surface area contributed by atoms with E-state index < -0.39 is 0 Å². The molecule has 0 amide bonds. The summed E-state index contributed by atoms with van der Waals surface area (Å²) in [6.45, 7) is 3.03. The number of aryl methyl sites for hydroxylation is 2. The molecule has 0 spiro atoms. The van der Waals surface area contributed by atoms with Crippen LogP contribution in [0.2, 0.25) is 0 Å². The predicted octanol–water partition coefficient (Wildman–Crippen LogP) is 2.43. The van der Waals surface area contributed by atoms with Crippen molar-refractivity contribution < 1.29 is 0 Å². The average Bonchev–Trinajstić information content (AvgIpc) is 2.91. The zero-order valence-electron chi connectivity index (χ0n) is 12.3. The molecule has 3 rings (SSSR count). The van der Waals surface area contributed by atoms with E-state index in [-0.39, 0.29) is 0 Å². The molecule has 0 aromatic carbocycles. The number of hydrogen-bond donors (Lipinski definition) is 1. The molecule has 0 unspecified atom stereocenters. The second kappa shape index (κ2) is 5.75. The zero-order chi connectivity index (χ0) is 13.9. The molecule has 0 radical (unpaired) electrons. The van der Waals surface area contributed by atoms with Crippen LogP contribution in [0.25, 0.3) is 5.82 Å². The molecule has 0 fully saturated rings. The van der Waals surface area contributed by atoms with Crippen LogP contribution >= 0.6 is 0 Å². The second-order valence-electron chi connectivity index (χ2n) is 5.42. The molecule has 1 aliphatic rings. The van der Waals surface area contributed by atoms with Gasteiger partial charge in [0.25, 0.3) is 0 Å². The van der Waals surface area contributed by atoms with Gasteiger partial charge in [0.2, 0.25) is 0 Å². The van der Waals surface area contributed by atoms with E-state index in [0.29, 0.717) is 0 Å². The van der Waals surface area contributed by atoms with E-state index in [1.54, 1.807) is 0 Å². The van der Waals surface area contributed by atoms with E-state index in [4.69, 9.17) is 4.98 Å². The standard InChI is InChI=1S/C16H22N4/c1-3-13-8-12(10-17-2)9-16(19-13)20-11-18-14-6-4-5-7-15(14)20/h8-9,11,17H,3-7,10H2,1-2H3. The van der Waals surface area contributed by atoms with Crippen molar-refractivity contribution >= 4 is 0 Å². The first kappa shape index (κ1) is 13.3. The normalized spacial score (nSPS) is 14.3. The van der Waals surface area contributed by atoms with Crippen LogP contribution in [0.4, 0.5) is 0 Å². The lowest BCUT2D eigenvalue weighted by molar-refractivity contribution is 0.653. The minimum Gasteiger partial charge on any atom is -0.316 e. The van der Waals surface area contributed by atoms with Crippen LogP contribution in [0.3, 0.4) is 0 Å². The van der Waals surface area contributed by atoms with Crippen LogP contribution in [0.1, 0.15) is 42.4 Å². The SMILES string of the molecule is CCc1cc(CNC)cc(-n2cnc3c2CCCC3)n1. The van der Waals surface area contributed by atoms with Gasteiger partial charge in [0.1, 0.15) is 12.1 Å². The Bertz CT molecular complexity index is 601. The molecule has 0 atom stereocenters. The van der Waals surface area contributed by atoms with Crippen LogP contribution in [0.15, 0.2) is 18.5 Å². The van der Waals surface area contributed by atoms with Crippen LogP contribution in [0, 0.1) is 0 Å². The van der Waals surface area contributed by atoms with Crippen LogP contribution in [-0.4, -0.2) is 21.6 Å². The van der Waals surface area contributed by atoms with Gasteiger partial charge in [-0.25, -0.2) is 9.97 Å². The number of nitrogens with one attached hydrogen (secondary N) is 1. The molecule has 2 aromatic rings. The molecule has 20 heavy (non-hydrogen) atoms. The summed E-state index contributed by atoms with van der Waals surface area (Å²) in [6, 6.07) is 4.36. The largest absolute Gasteiger partial charge is 0.316 e. The highest BCUT2D eigenvalue weighted by Gasteiger charge is 2.17. The first-order chi connectivity index (χ1) is 9.81. The molecule has 0 saturated heterocycles. The van der Waals surface area contributed by atoms with Gasteiger partial charge in [-0.15, -0.1) is 0 Å². The third-order valence-electron chi connectivity index (χ3n) is 3.94. The van der Waals surface area contributed by atoms with E-state index in [1.165, 1.54) is 29.8 Å². The fraction of sp³-hybridized carbons (Fsp3) is 0.500. The van der Waals surface area contributed by atoms with Gasteiger partial charge in [-0.2, -0.15) is 0 Å². The van der Waals surface area contributed by atoms with Crippen molar-refractivity contribution in [1.82, 2.24) is 19.9 Å². The van der Waals surface area contributed by atoms with Crippen molar-refractivity contribution in [3.8, 4) is 5.82 Å². The number of aromatic nitrogens is 3. The maximum Gasteiger partial charge on any atom is 0.138 e. The van der Waals surface area contributed by atoms with Crippen LogP contribution in [-0.2, 0) is 25.8 Å². The Balaban J connectivity index is 2.04. The van der Waals surface area contributed by atoms with Gasteiger partial charge >= 0.3 is 0 Å². The summed E-state index contributed by atoms with van der Waals surface area (Å²) in [5.74, 6) is 1.02. The number of rotatable bonds is 4. The highest BCUT2D eigenvalue weighted by molar-refractivity contribution is 5.35. The van der Waals surface area contributed by atoms with E-state index in [1.807, 2.05) is 13.4 Å². The Morgan fingerprint density at radius 1 is 1.25 bits per heavy atom. The Morgan fingerprint density at radius 2 is 2.10 bits per heavy atom. The van der Waals surface area contributed by atoms with Gasteiger partial charge in [-0.3, -0.25) is 4.57 Å². The van der Waals surface area contributed by atoms with Gasteiger partial charge in [0, 0.05) is 17.9 Å². The van der Waals surface area contributed by atoms with E-state index in [2.05, 4.69) is 33.9 Å². The third kappa shape index (κ3) is 2.48. The van der Waals surface area contributed by atoms with Gasteiger partial charge in [-0.05, 0) is 56.8 Å². The number of fused-ring (bicyclic) bond motifs is 1. The first-order valence-corrected chi connectivity index (χ1v) is 7.51. The summed E-state index contributed by atoms with van der Waals surface area (Å²) in [5, 5.41) is 3.22. The van der Waals surface area contributed by atoms with Gasteiger partial charge in [0.05, 0.1) is 5.69 Å². The number of imidazole rings is 1. The van der Waals surface area contributed by atoms with E-state index in [9.17, 15) is 0 Å². The van der Waals surface area contributed by atoms with Crippen LogP contribution < -0.4 is 5.32 Å². The summed E-state index contributed by atoms with van der Waals surface area (Å²) in [7, 11) is 1.98. The Kier molecular flexibility index (Phi) is 3.83. The molecule has 1 aliphatic carbocycles. The average molecular weight is 270 g/mol. The zero-order valence-corrected chi connectivity index (χ0v) is 12.3. The highest BCUT2D eigenvalue weighted by Crippen LogP contribution is 2.23. The lowest BCUT2D eigenvalue weighted by Crippen LogP contribution is -2.11. The van der Waals surface area contributed by atoms with Gasteiger partial charge in [0.15, 0.2) is 0 Å². The minimum atomic E-state index is 0.874. The molecule has 1 N–H and O–H groups in total. The van der Waals surface area contributed by atoms with Gasteiger partial charge < -0.3 is 5.32 Å². The molecule has 4 heteroatoms. The number of nitrogens with zero attached hydrogens (tertiary/aromatic N) is 3. The van der Waals surface area contributed by atoms with Crippen LogP contribution in [0.5, 0.6) is 0 Å². The quantitative estimate of drug-likeness (QED) is 0.928. The minimum absolute atomic E-state index is 0.874. The van der Waals surface area contributed by atoms with Crippen molar-refractivity contribution in [2.45, 2.75) is 45.6 Å². The first-order valence-electron chi connectivity index (χ1n) is 7.51. The Hall–Kier alpha value is -1.68. The monoisotopic (exact) mass is 270 g/mol. The highest BCUT2D eigenvalue weighted by atomic mass is 15.1. The topological polar surface area (TPSA) is 42.7 Å². The predicted molar refractivity (Wildman–Crippen MR) is 80.1 cm³/mol. The maximum absolute atomic E-state index is 4.78. The van der Waals surface area contributed by atoms with Crippen molar-refractivity contribution in [1.29, 1.82) is 0 Å². The summed E-state index contributed by atoms with van der Waals surface area (Å²) >= 11 is 0. The summed E-state index contributed by atoms with van der Waals surface area (Å²) in [6.07, 6.45) is 7.66. The van der Waals surface area contributed by atoms with E-state index in [0.717, 1.165) is 37.3 Å². The lowest BCUT2D eigenvalue weighted by atomic mass is 10.0. The molecular weight excluding hydrogens is 248 g/mol. The summed E-state index contributed by atoms with van der Waals surface area (Å²) in [4.78, 5) is 9.35. The molecule has 0 aliphatic heterocycles. The molecule has 2 aromatic heterocycles. The lowest BCUT2D eigenvalue weighted by Gasteiger charge is -2.15.